The van der Waals surface area contributed by atoms with Crippen molar-refractivity contribution in [2.75, 3.05) is 12.0 Å². The van der Waals surface area contributed by atoms with Gasteiger partial charge in [-0.1, -0.05) is 11.6 Å². The first-order valence-electron chi connectivity index (χ1n) is 6.86. The summed E-state index contributed by atoms with van der Waals surface area (Å²) in [6.07, 6.45) is 8.36. The molecule has 2 saturated carbocycles. The fourth-order valence-electron chi connectivity index (χ4n) is 3.48. The van der Waals surface area contributed by atoms with Crippen LogP contribution in [0.3, 0.4) is 0 Å². The maximum atomic E-state index is 6.06. The van der Waals surface area contributed by atoms with Crippen molar-refractivity contribution in [2.45, 2.75) is 44.1 Å². The number of aromatic nitrogens is 2. The Labute approximate surface area is 112 Å². The van der Waals surface area contributed by atoms with E-state index in [9.17, 15) is 0 Å². The molecule has 1 aromatic heterocycles. The molecule has 0 radical (unpaired) electrons. The maximum Gasteiger partial charge on any atom is 0.243 e. The van der Waals surface area contributed by atoms with E-state index in [2.05, 4.69) is 16.4 Å². The van der Waals surface area contributed by atoms with Gasteiger partial charge in [0.05, 0.1) is 6.04 Å². The number of thioether (sulfide) groups is 1. The molecule has 3 rings (SSSR count). The van der Waals surface area contributed by atoms with Crippen molar-refractivity contribution < 1.29 is 4.52 Å². The van der Waals surface area contributed by atoms with Gasteiger partial charge >= 0.3 is 0 Å². The molecular formula is C13H21N3OS. The standard InChI is InChI=1S/C13H21N3OS/c1-18-5-4-11(14)13-15-12(16-17-13)10-7-8-2-3-9(10)6-8/h8-11H,2-7,14H2,1H3/t8?,9?,10?,11-/m1/s1. The van der Waals surface area contributed by atoms with Crippen molar-refractivity contribution in [3.05, 3.63) is 11.7 Å². The van der Waals surface area contributed by atoms with Crippen LogP contribution in [0.15, 0.2) is 4.52 Å². The van der Waals surface area contributed by atoms with Crippen LogP contribution in [0, 0.1) is 11.8 Å². The van der Waals surface area contributed by atoms with Crippen molar-refractivity contribution in [1.29, 1.82) is 0 Å². The van der Waals surface area contributed by atoms with E-state index in [1.807, 2.05) is 0 Å². The second-order valence-corrected chi connectivity index (χ2v) is 6.65. The molecular weight excluding hydrogens is 246 g/mol. The Morgan fingerprint density at radius 3 is 3.00 bits per heavy atom. The van der Waals surface area contributed by atoms with E-state index in [4.69, 9.17) is 10.3 Å². The SMILES string of the molecule is CSCC[C@@H](N)c1nc(C2CC3CCC2C3)no1. The fourth-order valence-corrected chi connectivity index (χ4v) is 3.97. The van der Waals surface area contributed by atoms with E-state index in [0.717, 1.165) is 29.8 Å². The number of nitrogens with zero attached hydrogens (tertiary/aromatic N) is 2. The van der Waals surface area contributed by atoms with Gasteiger partial charge in [-0.15, -0.1) is 0 Å². The Morgan fingerprint density at radius 1 is 1.44 bits per heavy atom. The summed E-state index contributed by atoms with van der Waals surface area (Å²) < 4.78 is 5.35. The molecule has 0 aromatic carbocycles. The van der Waals surface area contributed by atoms with Gasteiger partial charge in [0.1, 0.15) is 0 Å². The average Bonchev–Trinajstić information content (AvgIpc) is 3.09. The average molecular weight is 267 g/mol. The molecule has 2 aliphatic rings. The molecule has 2 aliphatic carbocycles. The molecule has 0 amide bonds. The third-order valence-corrected chi connectivity index (χ3v) is 5.12. The molecule has 18 heavy (non-hydrogen) atoms. The summed E-state index contributed by atoms with van der Waals surface area (Å²) in [7, 11) is 0. The van der Waals surface area contributed by atoms with E-state index in [1.165, 1.54) is 25.7 Å². The summed E-state index contributed by atoms with van der Waals surface area (Å²) in [5.74, 6) is 4.81. The lowest BCUT2D eigenvalue weighted by atomic mass is 9.88. The molecule has 1 aromatic rings. The van der Waals surface area contributed by atoms with E-state index in [0.29, 0.717) is 11.8 Å². The smallest absolute Gasteiger partial charge is 0.243 e. The van der Waals surface area contributed by atoms with E-state index < -0.39 is 0 Å². The third kappa shape index (κ3) is 2.30. The number of fused-ring (bicyclic) bond motifs is 2. The zero-order chi connectivity index (χ0) is 12.5. The van der Waals surface area contributed by atoms with Crippen LogP contribution in [0.1, 0.15) is 55.8 Å². The summed E-state index contributed by atoms with van der Waals surface area (Å²) in [6.45, 7) is 0. The van der Waals surface area contributed by atoms with Gasteiger partial charge in [0.2, 0.25) is 5.89 Å². The van der Waals surface area contributed by atoms with Crippen molar-refractivity contribution >= 4 is 11.8 Å². The van der Waals surface area contributed by atoms with Crippen molar-refractivity contribution in [1.82, 2.24) is 10.1 Å². The second kappa shape index (κ2) is 5.21. The molecule has 2 fully saturated rings. The van der Waals surface area contributed by atoms with Crippen molar-refractivity contribution in [3.63, 3.8) is 0 Å². The summed E-state index contributed by atoms with van der Waals surface area (Å²) in [5, 5.41) is 4.17. The monoisotopic (exact) mass is 267 g/mol. The van der Waals surface area contributed by atoms with Crippen LogP contribution >= 0.6 is 11.8 Å². The molecule has 4 nitrogen and oxygen atoms in total. The molecule has 0 aliphatic heterocycles. The van der Waals surface area contributed by atoms with Crippen molar-refractivity contribution in [3.8, 4) is 0 Å². The number of rotatable bonds is 5. The Morgan fingerprint density at radius 2 is 2.33 bits per heavy atom. The molecule has 2 bridgehead atoms. The lowest BCUT2D eigenvalue weighted by molar-refractivity contribution is 0.336. The van der Waals surface area contributed by atoms with E-state index >= 15 is 0 Å². The van der Waals surface area contributed by atoms with Gasteiger partial charge in [-0.2, -0.15) is 16.7 Å². The maximum absolute atomic E-state index is 6.06. The first-order valence-corrected chi connectivity index (χ1v) is 8.25. The quantitative estimate of drug-likeness (QED) is 0.888. The van der Waals surface area contributed by atoms with Crippen LogP contribution in [-0.4, -0.2) is 22.1 Å². The molecule has 2 N–H and O–H groups in total. The predicted octanol–water partition coefficient (Wildman–Crippen LogP) is 2.73. The molecule has 4 atom stereocenters. The summed E-state index contributed by atoms with van der Waals surface area (Å²) in [4.78, 5) is 4.55. The summed E-state index contributed by atoms with van der Waals surface area (Å²) >= 11 is 1.80. The van der Waals surface area contributed by atoms with Crippen molar-refractivity contribution in [2.24, 2.45) is 17.6 Å². The minimum absolute atomic E-state index is 0.0997. The van der Waals surface area contributed by atoms with Gasteiger partial charge in [0.25, 0.3) is 0 Å². The van der Waals surface area contributed by atoms with Crippen LogP contribution in [0.4, 0.5) is 0 Å². The van der Waals surface area contributed by atoms with Gasteiger partial charge in [-0.25, -0.2) is 0 Å². The lowest BCUT2D eigenvalue weighted by Gasteiger charge is -2.17. The fraction of sp³-hybridized carbons (Fsp3) is 0.846. The first-order chi connectivity index (χ1) is 8.78. The van der Waals surface area contributed by atoms with E-state index in [1.54, 1.807) is 11.8 Å². The minimum atomic E-state index is -0.0997. The van der Waals surface area contributed by atoms with E-state index in [-0.39, 0.29) is 6.04 Å². The lowest BCUT2D eigenvalue weighted by Crippen LogP contribution is -2.13. The Balaban J connectivity index is 1.66. The topological polar surface area (TPSA) is 64.9 Å². The second-order valence-electron chi connectivity index (χ2n) is 5.66. The molecule has 1 heterocycles. The van der Waals surface area contributed by atoms with Crippen LogP contribution in [0.25, 0.3) is 0 Å². The zero-order valence-electron chi connectivity index (χ0n) is 10.8. The minimum Gasteiger partial charge on any atom is -0.338 e. The third-order valence-electron chi connectivity index (χ3n) is 4.48. The largest absolute Gasteiger partial charge is 0.338 e. The van der Waals surface area contributed by atoms with Gasteiger partial charge < -0.3 is 10.3 Å². The molecule has 5 heteroatoms. The number of nitrogens with two attached hydrogens (primary N) is 1. The Bertz CT molecular complexity index is 409. The molecule has 0 spiro atoms. The zero-order valence-corrected chi connectivity index (χ0v) is 11.7. The molecule has 3 unspecified atom stereocenters. The molecule has 0 saturated heterocycles. The normalized spacial score (nSPS) is 32.0. The summed E-state index contributed by atoms with van der Waals surface area (Å²) in [5.41, 5.74) is 6.06. The first kappa shape index (κ1) is 12.5. The highest BCUT2D eigenvalue weighted by Crippen LogP contribution is 2.52. The van der Waals surface area contributed by atoms with Crippen LogP contribution in [-0.2, 0) is 0 Å². The highest BCUT2D eigenvalue weighted by Gasteiger charge is 2.42. The highest BCUT2D eigenvalue weighted by molar-refractivity contribution is 7.98. The Hall–Kier alpha value is -0.550. The van der Waals surface area contributed by atoms with Gasteiger partial charge in [0, 0.05) is 5.92 Å². The van der Waals surface area contributed by atoms with Crippen LogP contribution in [0.2, 0.25) is 0 Å². The summed E-state index contributed by atoms with van der Waals surface area (Å²) in [6, 6.07) is -0.0997. The number of hydrogen-bond acceptors (Lipinski definition) is 5. The Kier molecular flexibility index (Phi) is 3.61. The van der Waals surface area contributed by atoms with Gasteiger partial charge in [-0.3, -0.25) is 0 Å². The van der Waals surface area contributed by atoms with Crippen LogP contribution < -0.4 is 5.73 Å². The highest BCUT2D eigenvalue weighted by atomic mass is 32.2. The van der Waals surface area contributed by atoms with Crippen LogP contribution in [0.5, 0.6) is 0 Å². The molecule has 100 valence electrons. The predicted molar refractivity (Wildman–Crippen MR) is 72.4 cm³/mol. The van der Waals surface area contributed by atoms with Gasteiger partial charge in [-0.05, 0) is 49.5 Å². The number of hydrogen-bond donors (Lipinski definition) is 1. The van der Waals surface area contributed by atoms with Gasteiger partial charge in [0.15, 0.2) is 5.82 Å².